The quantitative estimate of drug-likeness (QED) is 0.872. The minimum Gasteiger partial charge on any atom is -0.345 e. The Morgan fingerprint density at radius 2 is 2.35 bits per heavy atom. The predicted octanol–water partition coefficient (Wildman–Crippen LogP) is 2.54. The van der Waals surface area contributed by atoms with Gasteiger partial charge in [-0.25, -0.2) is 4.98 Å². The molecule has 7 heteroatoms. The summed E-state index contributed by atoms with van der Waals surface area (Å²) in [5, 5.41) is 7.99. The number of nitrogens with one attached hydrogen (secondary N) is 1. The predicted molar refractivity (Wildman–Crippen MR) is 91.6 cm³/mol. The summed E-state index contributed by atoms with van der Waals surface area (Å²) >= 11 is 3.24. The van der Waals surface area contributed by atoms with E-state index in [1.165, 1.54) is 4.88 Å². The van der Waals surface area contributed by atoms with Gasteiger partial charge in [0.25, 0.3) is 0 Å². The molecule has 0 aromatic carbocycles. The van der Waals surface area contributed by atoms with Crippen molar-refractivity contribution in [3.05, 3.63) is 38.5 Å². The molecule has 1 aliphatic rings. The third kappa shape index (κ3) is 4.17. The van der Waals surface area contributed by atoms with Crippen LogP contribution >= 0.6 is 22.7 Å². The van der Waals surface area contributed by atoms with E-state index in [9.17, 15) is 9.59 Å². The van der Waals surface area contributed by atoms with Gasteiger partial charge in [-0.1, -0.05) is 6.07 Å². The van der Waals surface area contributed by atoms with Crippen LogP contribution in [0.25, 0.3) is 0 Å². The maximum Gasteiger partial charge on any atom is 0.240 e. The van der Waals surface area contributed by atoms with Crippen molar-refractivity contribution >= 4 is 34.5 Å². The zero-order chi connectivity index (χ0) is 16.2. The first-order valence-corrected chi connectivity index (χ1v) is 9.39. The van der Waals surface area contributed by atoms with E-state index in [2.05, 4.69) is 16.4 Å². The van der Waals surface area contributed by atoms with Gasteiger partial charge in [0.2, 0.25) is 11.8 Å². The van der Waals surface area contributed by atoms with Gasteiger partial charge in [0.1, 0.15) is 5.01 Å². The van der Waals surface area contributed by atoms with E-state index in [0.29, 0.717) is 13.0 Å². The SMILES string of the molecule is Cc1csc([C@H](Cc2cccs2)NC(=O)CN2CCCC2=O)n1. The van der Waals surface area contributed by atoms with Gasteiger partial charge >= 0.3 is 0 Å². The molecule has 5 nitrogen and oxygen atoms in total. The van der Waals surface area contributed by atoms with E-state index >= 15 is 0 Å². The molecule has 0 radical (unpaired) electrons. The molecular weight excluding hydrogens is 330 g/mol. The first-order valence-electron chi connectivity index (χ1n) is 7.63. The number of thiophene rings is 1. The smallest absolute Gasteiger partial charge is 0.240 e. The van der Waals surface area contributed by atoms with Crippen LogP contribution in [0, 0.1) is 6.92 Å². The largest absolute Gasteiger partial charge is 0.345 e. The fourth-order valence-corrected chi connectivity index (χ4v) is 4.25. The Morgan fingerprint density at radius 3 is 2.96 bits per heavy atom. The molecule has 3 rings (SSSR count). The summed E-state index contributed by atoms with van der Waals surface area (Å²) in [5.74, 6) is -0.0466. The average molecular weight is 349 g/mol. The van der Waals surface area contributed by atoms with Crippen molar-refractivity contribution in [2.24, 2.45) is 0 Å². The summed E-state index contributed by atoms with van der Waals surface area (Å²) in [4.78, 5) is 31.4. The van der Waals surface area contributed by atoms with Crippen LogP contribution in [-0.2, 0) is 16.0 Å². The maximum atomic E-state index is 12.3. The lowest BCUT2D eigenvalue weighted by molar-refractivity contribution is -0.133. The lowest BCUT2D eigenvalue weighted by atomic mass is 10.2. The fourth-order valence-electron chi connectivity index (χ4n) is 2.65. The molecular formula is C16H19N3O2S2. The molecule has 0 aliphatic carbocycles. The monoisotopic (exact) mass is 349 g/mol. The van der Waals surface area contributed by atoms with Crippen LogP contribution < -0.4 is 5.32 Å². The number of carbonyl (C=O) groups excluding carboxylic acids is 2. The summed E-state index contributed by atoms with van der Waals surface area (Å²) in [5.41, 5.74) is 0.963. The topological polar surface area (TPSA) is 62.3 Å². The van der Waals surface area contributed by atoms with Gasteiger partial charge in [0.15, 0.2) is 0 Å². The molecule has 2 aromatic rings. The number of amides is 2. The van der Waals surface area contributed by atoms with Crippen LogP contribution in [0.2, 0.25) is 0 Å². The number of hydrogen-bond acceptors (Lipinski definition) is 5. The molecule has 0 spiro atoms. The standard InChI is InChI=1S/C16H19N3O2S2/c1-11-10-23-16(17-11)13(8-12-4-3-7-22-12)18-14(20)9-19-6-2-5-15(19)21/h3-4,7,10,13H,2,5-6,8-9H2,1H3,(H,18,20)/t13-/m0/s1. The highest BCUT2D eigenvalue weighted by Crippen LogP contribution is 2.24. The Hall–Kier alpha value is -1.73. The fraction of sp³-hybridized carbons (Fsp3) is 0.438. The second kappa shape index (κ2) is 7.23. The molecule has 0 bridgehead atoms. The molecule has 2 aromatic heterocycles. The molecule has 0 unspecified atom stereocenters. The summed E-state index contributed by atoms with van der Waals surface area (Å²) in [6, 6.07) is 3.93. The summed E-state index contributed by atoms with van der Waals surface area (Å²) in [7, 11) is 0. The Balaban J connectivity index is 1.67. The summed E-state index contributed by atoms with van der Waals surface area (Å²) in [6.07, 6.45) is 2.12. The van der Waals surface area contributed by atoms with Gasteiger partial charge in [0.05, 0.1) is 12.6 Å². The van der Waals surface area contributed by atoms with Crippen molar-refractivity contribution in [1.29, 1.82) is 0 Å². The van der Waals surface area contributed by atoms with Crippen LogP contribution in [0.3, 0.4) is 0 Å². The Labute approximate surface area is 143 Å². The maximum absolute atomic E-state index is 12.3. The summed E-state index contributed by atoms with van der Waals surface area (Å²) < 4.78 is 0. The van der Waals surface area contributed by atoms with E-state index in [-0.39, 0.29) is 24.4 Å². The normalized spacial score (nSPS) is 15.9. The Kier molecular flexibility index (Phi) is 5.07. The Bertz CT molecular complexity index is 681. The third-order valence-electron chi connectivity index (χ3n) is 3.76. The highest BCUT2D eigenvalue weighted by atomic mass is 32.1. The van der Waals surface area contributed by atoms with Crippen LogP contribution in [0.4, 0.5) is 0 Å². The minimum atomic E-state index is -0.141. The summed E-state index contributed by atoms with van der Waals surface area (Å²) in [6.45, 7) is 2.77. The number of rotatable bonds is 6. The van der Waals surface area contributed by atoms with Gasteiger partial charge in [-0.3, -0.25) is 9.59 Å². The molecule has 122 valence electrons. The number of likely N-dealkylation sites (tertiary alicyclic amines) is 1. The lowest BCUT2D eigenvalue weighted by Gasteiger charge is -2.19. The minimum absolute atomic E-state index is 0.0695. The van der Waals surface area contributed by atoms with E-state index in [4.69, 9.17) is 0 Å². The number of nitrogens with zero attached hydrogens (tertiary/aromatic N) is 2. The second-order valence-electron chi connectivity index (χ2n) is 5.65. The van der Waals surface area contributed by atoms with Crippen molar-refractivity contribution in [1.82, 2.24) is 15.2 Å². The van der Waals surface area contributed by atoms with Crippen molar-refractivity contribution in [3.63, 3.8) is 0 Å². The average Bonchev–Trinajstić information content (AvgIpc) is 3.23. The third-order valence-corrected chi connectivity index (χ3v) is 5.74. The Morgan fingerprint density at radius 1 is 1.48 bits per heavy atom. The van der Waals surface area contributed by atoms with Crippen molar-refractivity contribution in [2.75, 3.05) is 13.1 Å². The van der Waals surface area contributed by atoms with Crippen molar-refractivity contribution < 1.29 is 9.59 Å². The van der Waals surface area contributed by atoms with Gasteiger partial charge < -0.3 is 10.2 Å². The lowest BCUT2D eigenvalue weighted by Crippen LogP contribution is -2.39. The van der Waals surface area contributed by atoms with E-state index in [1.54, 1.807) is 27.6 Å². The van der Waals surface area contributed by atoms with Crippen LogP contribution in [0.1, 0.15) is 34.5 Å². The van der Waals surface area contributed by atoms with Crippen LogP contribution in [-0.4, -0.2) is 34.8 Å². The van der Waals surface area contributed by atoms with Crippen LogP contribution in [0.15, 0.2) is 22.9 Å². The van der Waals surface area contributed by atoms with E-state index in [1.807, 2.05) is 23.8 Å². The first-order chi connectivity index (χ1) is 11.1. The molecule has 23 heavy (non-hydrogen) atoms. The molecule has 3 heterocycles. The highest BCUT2D eigenvalue weighted by Gasteiger charge is 2.25. The van der Waals surface area contributed by atoms with Gasteiger partial charge in [0, 0.05) is 35.3 Å². The molecule has 1 saturated heterocycles. The second-order valence-corrected chi connectivity index (χ2v) is 7.57. The van der Waals surface area contributed by atoms with Crippen molar-refractivity contribution in [2.45, 2.75) is 32.2 Å². The van der Waals surface area contributed by atoms with Gasteiger partial charge in [-0.05, 0) is 24.8 Å². The van der Waals surface area contributed by atoms with Gasteiger partial charge in [-0.2, -0.15) is 0 Å². The molecule has 0 saturated carbocycles. The van der Waals surface area contributed by atoms with E-state index < -0.39 is 0 Å². The number of aromatic nitrogens is 1. The number of aryl methyl sites for hydroxylation is 1. The first kappa shape index (κ1) is 16.1. The van der Waals surface area contributed by atoms with Crippen molar-refractivity contribution in [3.8, 4) is 0 Å². The molecule has 2 amide bonds. The molecule has 1 atom stereocenters. The van der Waals surface area contributed by atoms with E-state index in [0.717, 1.165) is 23.5 Å². The number of hydrogen-bond donors (Lipinski definition) is 1. The highest BCUT2D eigenvalue weighted by molar-refractivity contribution is 7.10. The van der Waals surface area contributed by atoms with Gasteiger partial charge in [-0.15, -0.1) is 22.7 Å². The molecule has 1 N–H and O–H groups in total. The van der Waals surface area contributed by atoms with Crippen LogP contribution in [0.5, 0.6) is 0 Å². The number of thiazole rings is 1. The zero-order valence-electron chi connectivity index (χ0n) is 12.9. The number of carbonyl (C=O) groups is 2. The molecule has 1 fully saturated rings. The zero-order valence-corrected chi connectivity index (χ0v) is 14.6. The molecule has 1 aliphatic heterocycles.